The molecular weight excluding hydrogens is 338 g/mol. The van der Waals surface area contributed by atoms with Gasteiger partial charge in [0.1, 0.15) is 6.54 Å². The van der Waals surface area contributed by atoms with Gasteiger partial charge in [0.25, 0.3) is 5.91 Å². The highest BCUT2D eigenvalue weighted by Crippen LogP contribution is 2.55. The predicted molar refractivity (Wildman–Crippen MR) is 102 cm³/mol. The standard InChI is InChI=1S/C22H29N3O2/c26-20(14-25-6-5-18-3-1-2-4-19(18)13-25)23-21(27)24-22-10-15-7-16(11-22)9-17(8-15)12-22/h1-4,15-17H,5-14H2,(H2,23,24,26,27)/p+1. The molecule has 0 saturated heterocycles. The Balaban J connectivity index is 1.14. The molecule has 4 aliphatic carbocycles. The third kappa shape index (κ3) is 3.49. The van der Waals surface area contributed by atoms with Crippen LogP contribution in [-0.4, -0.2) is 30.6 Å². The number of hydrogen-bond acceptors (Lipinski definition) is 2. The van der Waals surface area contributed by atoms with Gasteiger partial charge in [0, 0.05) is 17.5 Å². The quantitative estimate of drug-likeness (QED) is 0.756. The number of carbonyl (C=O) groups is 2. The van der Waals surface area contributed by atoms with Crippen molar-refractivity contribution >= 4 is 11.9 Å². The molecule has 3 amide bonds. The van der Waals surface area contributed by atoms with Crippen LogP contribution in [0.15, 0.2) is 24.3 Å². The number of nitrogens with one attached hydrogen (secondary N) is 3. The number of rotatable bonds is 3. The highest BCUT2D eigenvalue weighted by molar-refractivity contribution is 5.95. The SMILES string of the molecule is O=C(C[NH+]1CCc2ccccc2C1)NC(=O)NC12CC3CC(CC(C3)C1)C2. The van der Waals surface area contributed by atoms with Crippen LogP contribution >= 0.6 is 0 Å². The van der Waals surface area contributed by atoms with Gasteiger partial charge in [0.05, 0.1) is 6.54 Å². The Morgan fingerprint density at radius 1 is 1.00 bits per heavy atom. The fourth-order valence-electron chi connectivity index (χ4n) is 6.73. The molecule has 0 radical (unpaired) electrons. The largest absolute Gasteiger partial charge is 0.332 e. The molecule has 0 spiro atoms. The van der Waals surface area contributed by atoms with Crippen LogP contribution in [-0.2, 0) is 17.8 Å². The molecule has 5 aliphatic rings. The molecule has 1 unspecified atom stereocenters. The highest BCUT2D eigenvalue weighted by atomic mass is 16.2. The summed E-state index contributed by atoms with van der Waals surface area (Å²) in [5.41, 5.74) is 2.67. The molecule has 3 N–H and O–H groups in total. The Morgan fingerprint density at radius 3 is 2.30 bits per heavy atom. The van der Waals surface area contributed by atoms with Gasteiger partial charge in [-0.05, 0) is 61.8 Å². The molecular formula is C22H30N3O2+. The molecule has 1 aromatic carbocycles. The fraction of sp³-hybridized carbons (Fsp3) is 0.636. The van der Waals surface area contributed by atoms with Crippen molar-refractivity contribution in [3.63, 3.8) is 0 Å². The summed E-state index contributed by atoms with van der Waals surface area (Å²) in [5, 5.41) is 5.84. The zero-order valence-electron chi connectivity index (χ0n) is 15.9. The van der Waals surface area contributed by atoms with E-state index in [1.807, 2.05) is 0 Å². The molecule has 0 aromatic heterocycles. The number of benzene rings is 1. The molecule has 144 valence electrons. The van der Waals surface area contributed by atoms with E-state index in [0.29, 0.717) is 6.54 Å². The predicted octanol–water partition coefficient (Wildman–Crippen LogP) is 1.42. The third-order valence-corrected chi connectivity index (χ3v) is 7.39. The maximum Gasteiger partial charge on any atom is 0.322 e. The highest BCUT2D eigenvalue weighted by Gasteiger charge is 2.51. The first-order chi connectivity index (χ1) is 13.1. The minimum absolute atomic E-state index is 0.0456. The van der Waals surface area contributed by atoms with Gasteiger partial charge in [-0.15, -0.1) is 0 Å². The molecule has 5 nitrogen and oxygen atoms in total. The maximum atomic E-state index is 12.5. The summed E-state index contributed by atoms with van der Waals surface area (Å²) in [4.78, 5) is 26.2. The normalized spacial score (nSPS) is 36.1. The topological polar surface area (TPSA) is 62.6 Å². The lowest BCUT2D eigenvalue weighted by Crippen LogP contribution is -3.13. The maximum absolute atomic E-state index is 12.5. The van der Waals surface area contributed by atoms with Crippen molar-refractivity contribution in [1.29, 1.82) is 0 Å². The molecule has 4 bridgehead atoms. The molecule has 6 rings (SSSR count). The van der Waals surface area contributed by atoms with Gasteiger partial charge in [0.15, 0.2) is 6.54 Å². The third-order valence-electron chi connectivity index (χ3n) is 7.39. The van der Waals surface area contributed by atoms with Gasteiger partial charge in [-0.1, -0.05) is 24.3 Å². The number of imide groups is 1. The number of hydrogen-bond donors (Lipinski definition) is 3. The van der Waals surface area contributed by atoms with Gasteiger partial charge in [-0.3, -0.25) is 10.1 Å². The summed E-state index contributed by atoms with van der Waals surface area (Å²) >= 11 is 0. The van der Waals surface area contributed by atoms with E-state index in [2.05, 4.69) is 34.9 Å². The van der Waals surface area contributed by atoms with Gasteiger partial charge in [-0.2, -0.15) is 0 Å². The van der Waals surface area contributed by atoms with Crippen LogP contribution < -0.4 is 15.5 Å². The summed E-state index contributed by atoms with van der Waals surface area (Å²) in [6.45, 7) is 2.17. The summed E-state index contributed by atoms with van der Waals surface area (Å²) in [6, 6.07) is 8.17. The van der Waals surface area contributed by atoms with Gasteiger partial charge in [-0.25, -0.2) is 4.79 Å². The Labute approximate surface area is 160 Å². The van der Waals surface area contributed by atoms with Gasteiger partial charge >= 0.3 is 6.03 Å². The molecule has 1 aliphatic heterocycles. The van der Waals surface area contributed by atoms with E-state index >= 15 is 0 Å². The molecule has 1 atom stereocenters. The average Bonchev–Trinajstić information content (AvgIpc) is 2.59. The molecule has 5 heteroatoms. The summed E-state index contributed by atoms with van der Waals surface area (Å²) in [5.74, 6) is 2.19. The van der Waals surface area contributed by atoms with E-state index in [0.717, 1.165) is 56.5 Å². The van der Waals surface area contributed by atoms with Crippen LogP contribution in [0.5, 0.6) is 0 Å². The van der Waals surface area contributed by atoms with Gasteiger partial charge < -0.3 is 10.2 Å². The van der Waals surface area contributed by atoms with E-state index in [1.54, 1.807) is 0 Å². The smallest absolute Gasteiger partial charge is 0.322 e. The zero-order valence-corrected chi connectivity index (χ0v) is 15.9. The Morgan fingerprint density at radius 2 is 1.63 bits per heavy atom. The first kappa shape index (κ1) is 17.2. The first-order valence-electron chi connectivity index (χ1n) is 10.6. The van der Waals surface area contributed by atoms with Crippen LogP contribution in [0.1, 0.15) is 49.7 Å². The second-order valence-corrected chi connectivity index (χ2v) is 9.57. The molecule has 27 heavy (non-hydrogen) atoms. The summed E-state index contributed by atoms with van der Waals surface area (Å²) in [6.07, 6.45) is 8.36. The Hall–Kier alpha value is -1.88. The van der Waals surface area contributed by atoms with Crippen molar-refractivity contribution < 1.29 is 14.5 Å². The van der Waals surface area contributed by atoms with Crippen LogP contribution in [0.3, 0.4) is 0 Å². The fourth-order valence-corrected chi connectivity index (χ4v) is 6.73. The molecule has 4 saturated carbocycles. The molecule has 1 heterocycles. The van der Waals surface area contributed by atoms with Crippen molar-refractivity contribution in [2.45, 2.75) is 57.0 Å². The lowest BCUT2D eigenvalue weighted by molar-refractivity contribution is -0.908. The number of fused-ring (bicyclic) bond motifs is 1. The van der Waals surface area contributed by atoms with E-state index in [1.165, 1.54) is 35.3 Å². The number of urea groups is 1. The lowest BCUT2D eigenvalue weighted by atomic mass is 9.53. The van der Waals surface area contributed by atoms with Crippen LogP contribution in [0.2, 0.25) is 0 Å². The van der Waals surface area contributed by atoms with Crippen molar-refractivity contribution in [1.82, 2.24) is 10.6 Å². The van der Waals surface area contributed by atoms with E-state index < -0.39 is 0 Å². The van der Waals surface area contributed by atoms with Crippen LogP contribution in [0.25, 0.3) is 0 Å². The lowest BCUT2D eigenvalue weighted by Gasteiger charge is -2.56. The van der Waals surface area contributed by atoms with Crippen molar-refractivity contribution in [2.75, 3.05) is 13.1 Å². The minimum atomic E-state index is -0.279. The van der Waals surface area contributed by atoms with Gasteiger partial charge in [0.2, 0.25) is 0 Å². The summed E-state index contributed by atoms with van der Waals surface area (Å²) in [7, 11) is 0. The number of carbonyl (C=O) groups excluding carboxylic acids is 2. The average molecular weight is 369 g/mol. The Bertz CT molecular complexity index is 724. The van der Waals surface area contributed by atoms with Crippen molar-refractivity contribution in [3.05, 3.63) is 35.4 Å². The molecule has 1 aromatic rings. The van der Waals surface area contributed by atoms with Crippen LogP contribution in [0, 0.1) is 17.8 Å². The first-order valence-corrected chi connectivity index (χ1v) is 10.6. The number of quaternary nitrogens is 1. The summed E-state index contributed by atoms with van der Waals surface area (Å²) < 4.78 is 0. The van der Waals surface area contributed by atoms with E-state index in [-0.39, 0.29) is 17.5 Å². The van der Waals surface area contributed by atoms with Crippen LogP contribution in [0.4, 0.5) is 4.79 Å². The second-order valence-electron chi connectivity index (χ2n) is 9.57. The van der Waals surface area contributed by atoms with Crippen molar-refractivity contribution in [3.8, 4) is 0 Å². The minimum Gasteiger partial charge on any atom is -0.332 e. The van der Waals surface area contributed by atoms with E-state index in [9.17, 15) is 9.59 Å². The molecule has 4 fully saturated rings. The van der Waals surface area contributed by atoms with E-state index in [4.69, 9.17) is 0 Å². The second kappa shape index (κ2) is 6.62. The van der Waals surface area contributed by atoms with Crippen molar-refractivity contribution in [2.24, 2.45) is 17.8 Å². The number of amides is 3. The monoisotopic (exact) mass is 368 g/mol. The Kier molecular flexibility index (Phi) is 4.23. The zero-order chi connectivity index (χ0) is 18.4.